The topological polar surface area (TPSA) is 77.7 Å². The number of para-hydroxylation sites is 1. The van der Waals surface area contributed by atoms with Gasteiger partial charge in [0.15, 0.2) is 5.16 Å². The highest BCUT2D eigenvalue weighted by Gasteiger charge is 2.27. The number of nitrogens with zero attached hydrogens (tertiary/aromatic N) is 2. The summed E-state index contributed by atoms with van der Waals surface area (Å²) in [5.41, 5.74) is 0.662. The molecule has 2 N–H and O–H groups in total. The van der Waals surface area contributed by atoms with Gasteiger partial charge in [-0.05, 0) is 31.9 Å². The Kier molecular flexibility index (Phi) is 6.52. The predicted octanol–water partition coefficient (Wildman–Crippen LogP) is 0.461. The number of amides is 1. The van der Waals surface area contributed by atoms with Gasteiger partial charge in [0, 0.05) is 19.0 Å². The third kappa shape index (κ3) is 5.18. The minimum absolute atomic E-state index is 0.0178. The highest BCUT2D eigenvalue weighted by molar-refractivity contribution is 8.00. The first-order chi connectivity index (χ1) is 14.1. The zero-order chi connectivity index (χ0) is 20.2. The van der Waals surface area contributed by atoms with Crippen LogP contribution in [0.1, 0.15) is 26.2 Å². The molecule has 2 aromatic rings. The number of carbonyl (C=O) groups excluding carboxylic acids is 1. The Morgan fingerprint density at radius 3 is 2.86 bits per heavy atom. The molecule has 1 amide bonds. The number of morpholine rings is 1. The molecule has 29 heavy (non-hydrogen) atoms. The van der Waals surface area contributed by atoms with Crippen LogP contribution >= 0.6 is 11.8 Å². The summed E-state index contributed by atoms with van der Waals surface area (Å²) in [5.74, 6) is 0.0178. The van der Waals surface area contributed by atoms with Crippen LogP contribution in [-0.2, 0) is 16.1 Å². The quantitative estimate of drug-likeness (QED) is 0.482. The summed E-state index contributed by atoms with van der Waals surface area (Å²) in [6.45, 7) is 7.15. The molecule has 0 radical (unpaired) electrons. The molecule has 7 nitrogen and oxygen atoms in total. The lowest BCUT2D eigenvalue weighted by atomic mass is 10.2. The van der Waals surface area contributed by atoms with E-state index in [0.717, 1.165) is 52.1 Å². The fraction of sp³-hybridized carbons (Fsp3) is 0.571. The van der Waals surface area contributed by atoms with Crippen molar-refractivity contribution >= 4 is 28.6 Å². The predicted molar refractivity (Wildman–Crippen MR) is 113 cm³/mol. The van der Waals surface area contributed by atoms with Crippen molar-refractivity contribution in [2.45, 2.75) is 49.2 Å². The average molecular weight is 418 g/mol. The second-order valence-electron chi connectivity index (χ2n) is 7.88. The van der Waals surface area contributed by atoms with Crippen molar-refractivity contribution in [3.05, 3.63) is 34.6 Å². The van der Waals surface area contributed by atoms with Crippen LogP contribution in [0, 0.1) is 0 Å². The minimum atomic E-state index is -0.292. The number of benzene rings is 1. The fourth-order valence-corrected chi connectivity index (χ4v) is 4.53. The molecular formula is C21H29N4O3S+. The standard InChI is InChI=1S/C21H28N4O3S/c1-15(19(26)22-16-7-8-16)29-21-23-18-6-3-2-5-17(18)20(27)25(21)10-4-9-24-11-13-28-14-12-24/h2-3,5-6,15-16H,4,7-14H2,1H3,(H,22,26)/p+1/t15-/m1/s1. The highest BCUT2D eigenvalue weighted by atomic mass is 32.2. The second-order valence-corrected chi connectivity index (χ2v) is 9.19. The summed E-state index contributed by atoms with van der Waals surface area (Å²) >= 11 is 1.38. The van der Waals surface area contributed by atoms with Gasteiger partial charge in [-0.3, -0.25) is 14.2 Å². The van der Waals surface area contributed by atoms with Crippen molar-refractivity contribution in [1.29, 1.82) is 0 Å². The van der Waals surface area contributed by atoms with E-state index in [1.165, 1.54) is 16.7 Å². The number of fused-ring (bicyclic) bond motifs is 1. The van der Waals surface area contributed by atoms with Gasteiger partial charge in [0.25, 0.3) is 5.56 Å². The van der Waals surface area contributed by atoms with Crippen LogP contribution < -0.4 is 15.8 Å². The third-order valence-corrected chi connectivity index (χ3v) is 6.60. The number of hydrogen-bond donors (Lipinski definition) is 2. The lowest BCUT2D eigenvalue weighted by molar-refractivity contribution is -0.908. The summed E-state index contributed by atoms with van der Waals surface area (Å²) in [4.78, 5) is 31.8. The van der Waals surface area contributed by atoms with Crippen molar-refractivity contribution < 1.29 is 14.4 Å². The monoisotopic (exact) mass is 417 g/mol. The van der Waals surface area contributed by atoms with E-state index in [-0.39, 0.29) is 16.7 Å². The summed E-state index contributed by atoms with van der Waals surface area (Å²) in [6, 6.07) is 7.77. The van der Waals surface area contributed by atoms with Crippen LogP contribution in [0.25, 0.3) is 10.9 Å². The molecule has 0 bridgehead atoms. The Labute approximate surface area is 174 Å². The van der Waals surface area contributed by atoms with E-state index in [1.807, 2.05) is 31.2 Å². The number of thioether (sulfide) groups is 1. The van der Waals surface area contributed by atoms with Crippen molar-refractivity contribution in [1.82, 2.24) is 14.9 Å². The van der Waals surface area contributed by atoms with E-state index in [2.05, 4.69) is 5.32 Å². The van der Waals surface area contributed by atoms with Gasteiger partial charge in [0.2, 0.25) is 5.91 Å². The van der Waals surface area contributed by atoms with Gasteiger partial charge in [-0.25, -0.2) is 4.98 Å². The number of ether oxygens (including phenoxy) is 1. The molecule has 0 spiro atoms. The maximum atomic E-state index is 13.2. The van der Waals surface area contributed by atoms with E-state index in [9.17, 15) is 9.59 Å². The van der Waals surface area contributed by atoms with Crippen LogP contribution in [0.15, 0.2) is 34.2 Å². The normalized spacial score (nSPS) is 18.7. The maximum Gasteiger partial charge on any atom is 0.262 e. The average Bonchev–Trinajstić information content (AvgIpc) is 3.55. The Morgan fingerprint density at radius 1 is 1.34 bits per heavy atom. The zero-order valence-electron chi connectivity index (χ0n) is 16.9. The van der Waals surface area contributed by atoms with Gasteiger partial charge in [0.05, 0.1) is 35.9 Å². The summed E-state index contributed by atoms with van der Waals surface area (Å²) in [7, 11) is 0. The highest BCUT2D eigenvalue weighted by Crippen LogP contribution is 2.25. The molecule has 1 aliphatic carbocycles. The molecule has 8 heteroatoms. The molecule has 156 valence electrons. The molecule has 4 rings (SSSR count). The lowest BCUT2D eigenvalue weighted by Crippen LogP contribution is -3.14. The van der Waals surface area contributed by atoms with Crippen LogP contribution in [0.5, 0.6) is 0 Å². The lowest BCUT2D eigenvalue weighted by Gasteiger charge is -2.24. The van der Waals surface area contributed by atoms with Gasteiger partial charge >= 0.3 is 0 Å². The number of aromatic nitrogens is 2. The van der Waals surface area contributed by atoms with Gasteiger partial charge in [-0.15, -0.1) is 0 Å². The SMILES string of the molecule is C[C@@H](Sc1nc2ccccc2c(=O)n1CCC[NH+]1CCOCC1)C(=O)NC1CC1. The minimum Gasteiger partial charge on any atom is -0.370 e. The molecule has 2 aliphatic rings. The molecule has 2 fully saturated rings. The summed E-state index contributed by atoms with van der Waals surface area (Å²) < 4.78 is 7.18. The van der Waals surface area contributed by atoms with Crippen molar-refractivity contribution in [2.75, 3.05) is 32.8 Å². The van der Waals surface area contributed by atoms with E-state index in [4.69, 9.17) is 9.72 Å². The molecular weight excluding hydrogens is 388 g/mol. The summed E-state index contributed by atoms with van der Waals surface area (Å²) in [5, 5.41) is 4.01. The Morgan fingerprint density at radius 2 is 2.10 bits per heavy atom. The van der Waals surface area contributed by atoms with Gasteiger partial charge < -0.3 is 15.0 Å². The van der Waals surface area contributed by atoms with E-state index < -0.39 is 0 Å². The summed E-state index contributed by atoms with van der Waals surface area (Å²) in [6.07, 6.45) is 3.02. The van der Waals surface area contributed by atoms with E-state index in [1.54, 1.807) is 4.57 Å². The van der Waals surface area contributed by atoms with E-state index in [0.29, 0.717) is 28.6 Å². The number of quaternary nitrogens is 1. The van der Waals surface area contributed by atoms with Gasteiger partial charge in [0.1, 0.15) is 13.1 Å². The number of rotatable bonds is 8. The zero-order valence-corrected chi connectivity index (χ0v) is 17.7. The van der Waals surface area contributed by atoms with Gasteiger partial charge in [-0.2, -0.15) is 0 Å². The van der Waals surface area contributed by atoms with Crippen molar-refractivity contribution in [3.8, 4) is 0 Å². The second kappa shape index (κ2) is 9.28. The molecule has 1 aromatic carbocycles. The van der Waals surface area contributed by atoms with Crippen LogP contribution in [0.2, 0.25) is 0 Å². The Hall–Kier alpha value is -1.90. The number of nitrogens with one attached hydrogen (secondary N) is 2. The Balaban J connectivity index is 1.52. The molecule has 1 aliphatic heterocycles. The first kappa shape index (κ1) is 20.4. The van der Waals surface area contributed by atoms with Crippen LogP contribution in [0.3, 0.4) is 0 Å². The number of hydrogen-bond acceptors (Lipinski definition) is 5. The van der Waals surface area contributed by atoms with Crippen molar-refractivity contribution in [2.24, 2.45) is 0 Å². The molecule has 1 aromatic heterocycles. The molecule has 0 unspecified atom stereocenters. The molecule has 1 saturated carbocycles. The number of carbonyl (C=O) groups is 1. The third-order valence-electron chi connectivity index (χ3n) is 5.51. The first-order valence-electron chi connectivity index (χ1n) is 10.5. The first-order valence-corrected chi connectivity index (χ1v) is 11.4. The largest absolute Gasteiger partial charge is 0.370 e. The van der Waals surface area contributed by atoms with Gasteiger partial charge in [-0.1, -0.05) is 23.9 Å². The molecule has 2 heterocycles. The maximum absolute atomic E-state index is 13.2. The van der Waals surface area contributed by atoms with Crippen LogP contribution in [-0.4, -0.2) is 59.6 Å². The Bertz CT molecular complexity index is 922. The molecule has 1 saturated heterocycles. The smallest absolute Gasteiger partial charge is 0.262 e. The van der Waals surface area contributed by atoms with E-state index >= 15 is 0 Å². The van der Waals surface area contributed by atoms with Crippen LogP contribution in [0.4, 0.5) is 0 Å². The fourth-order valence-electron chi connectivity index (χ4n) is 3.59. The van der Waals surface area contributed by atoms with Crippen molar-refractivity contribution in [3.63, 3.8) is 0 Å². The molecule has 1 atom stereocenters.